The summed E-state index contributed by atoms with van der Waals surface area (Å²) in [6, 6.07) is 0. The van der Waals surface area contributed by atoms with Gasteiger partial charge in [-0.25, -0.2) is 9.78 Å². The van der Waals surface area contributed by atoms with Crippen LogP contribution in [0, 0.1) is 0 Å². The lowest BCUT2D eigenvalue weighted by Gasteiger charge is -2.41. The van der Waals surface area contributed by atoms with Gasteiger partial charge in [0, 0.05) is 6.54 Å². The number of carbonyl (C=O) groups excluding carboxylic acids is 1. The Balaban J connectivity index is 2.29. The van der Waals surface area contributed by atoms with Gasteiger partial charge in [-0.05, 0) is 26.2 Å². The third-order valence-electron chi connectivity index (χ3n) is 3.21. The summed E-state index contributed by atoms with van der Waals surface area (Å²) in [6.45, 7) is 2.01. The molecule has 1 amide bonds. The van der Waals surface area contributed by atoms with E-state index in [0.717, 1.165) is 12.8 Å². The van der Waals surface area contributed by atoms with Crippen molar-refractivity contribution in [2.45, 2.75) is 31.7 Å². The molecule has 0 aromatic carbocycles. The second-order valence-corrected chi connectivity index (χ2v) is 4.33. The number of aromatic amines is 1. The lowest BCUT2D eigenvalue weighted by molar-refractivity contribution is -0.150. The molecular weight excluding hydrogens is 224 g/mol. The van der Waals surface area contributed by atoms with Crippen LogP contribution in [0.3, 0.4) is 0 Å². The zero-order valence-corrected chi connectivity index (χ0v) is 9.51. The number of carboxylic acid groups (broad SMARTS) is 1. The average molecular weight is 238 g/mol. The van der Waals surface area contributed by atoms with E-state index >= 15 is 0 Å². The summed E-state index contributed by atoms with van der Waals surface area (Å²) in [5.74, 6) is -1.31. The van der Waals surface area contributed by atoms with Gasteiger partial charge in [0.25, 0.3) is 5.91 Å². The molecule has 92 valence electrons. The first-order valence-corrected chi connectivity index (χ1v) is 5.46. The van der Waals surface area contributed by atoms with Gasteiger partial charge in [-0.3, -0.25) is 9.89 Å². The van der Waals surface area contributed by atoms with Gasteiger partial charge in [0.2, 0.25) is 5.82 Å². The number of hydrogen-bond acceptors (Lipinski definition) is 4. The normalized spacial score (nSPS) is 24.6. The van der Waals surface area contributed by atoms with Gasteiger partial charge in [-0.15, -0.1) is 0 Å². The highest BCUT2D eigenvalue weighted by Crippen LogP contribution is 2.29. The van der Waals surface area contributed by atoms with E-state index in [1.54, 1.807) is 6.92 Å². The number of carboxylic acids is 1. The van der Waals surface area contributed by atoms with Crippen LogP contribution < -0.4 is 0 Å². The van der Waals surface area contributed by atoms with Gasteiger partial charge >= 0.3 is 5.97 Å². The van der Waals surface area contributed by atoms with Crippen LogP contribution in [0.5, 0.6) is 0 Å². The van der Waals surface area contributed by atoms with Gasteiger partial charge in [0.15, 0.2) is 0 Å². The van der Waals surface area contributed by atoms with Crippen LogP contribution in [-0.4, -0.2) is 49.1 Å². The molecule has 1 fully saturated rings. The molecule has 7 heteroatoms. The van der Waals surface area contributed by atoms with Gasteiger partial charge in [-0.1, -0.05) is 0 Å². The molecule has 1 saturated heterocycles. The highest BCUT2D eigenvalue weighted by Gasteiger charge is 2.44. The Morgan fingerprint density at radius 1 is 1.53 bits per heavy atom. The SMILES string of the molecule is CC1(C(=O)O)CCCCN1C(=O)c1ncn[nH]1. The smallest absolute Gasteiger partial charge is 0.329 e. The molecule has 1 aromatic rings. The molecule has 0 aliphatic carbocycles. The van der Waals surface area contributed by atoms with Crippen molar-refractivity contribution >= 4 is 11.9 Å². The van der Waals surface area contributed by atoms with E-state index in [1.165, 1.54) is 11.2 Å². The van der Waals surface area contributed by atoms with Crippen LogP contribution in [0.25, 0.3) is 0 Å². The van der Waals surface area contributed by atoms with E-state index in [4.69, 9.17) is 0 Å². The van der Waals surface area contributed by atoms with Crippen molar-refractivity contribution in [2.24, 2.45) is 0 Å². The summed E-state index contributed by atoms with van der Waals surface area (Å²) in [5.41, 5.74) is -1.15. The number of amides is 1. The zero-order valence-electron chi connectivity index (χ0n) is 9.51. The first-order chi connectivity index (χ1) is 8.05. The minimum absolute atomic E-state index is 0.0828. The van der Waals surface area contributed by atoms with Gasteiger partial charge in [0.05, 0.1) is 0 Å². The fourth-order valence-corrected chi connectivity index (χ4v) is 2.11. The number of rotatable bonds is 2. The molecule has 2 heterocycles. The minimum atomic E-state index is -1.15. The maximum absolute atomic E-state index is 12.1. The quantitative estimate of drug-likeness (QED) is 0.770. The topological polar surface area (TPSA) is 99.2 Å². The lowest BCUT2D eigenvalue weighted by atomic mass is 9.88. The van der Waals surface area contributed by atoms with Crippen LogP contribution in [0.4, 0.5) is 0 Å². The molecule has 7 nitrogen and oxygen atoms in total. The number of H-pyrrole nitrogens is 1. The molecule has 1 aromatic heterocycles. The fourth-order valence-electron chi connectivity index (χ4n) is 2.11. The Kier molecular flexibility index (Phi) is 2.83. The Morgan fingerprint density at radius 3 is 2.88 bits per heavy atom. The van der Waals surface area contributed by atoms with Crippen LogP contribution in [0.1, 0.15) is 36.8 Å². The molecule has 1 aliphatic heterocycles. The summed E-state index contributed by atoms with van der Waals surface area (Å²) in [4.78, 5) is 28.6. The van der Waals surface area contributed by atoms with Crippen molar-refractivity contribution in [1.29, 1.82) is 0 Å². The Hall–Kier alpha value is -1.92. The first kappa shape index (κ1) is 11.6. The highest BCUT2D eigenvalue weighted by molar-refractivity contribution is 5.95. The number of aromatic nitrogens is 3. The molecule has 0 saturated carbocycles. The van der Waals surface area contributed by atoms with E-state index in [1.807, 2.05) is 0 Å². The summed E-state index contributed by atoms with van der Waals surface area (Å²) in [6.07, 6.45) is 3.31. The standard InChI is InChI=1S/C10H14N4O3/c1-10(9(16)17)4-2-3-5-14(10)8(15)7-11-6-12-13-7/h6H,2-5H2,1H3,(H,16,17)(H,11,12,13). The molecule has 1 unspecified atom stereocenters. The van der Waals surface area contributed by atoms with Gasteiger partial charge in [-0.2, -0.15) is 5.10 Å². The van der Waals surface area contributed by atoms with Crippen molar-refractivity contribution in [3.05, 3.63) is 12.2 Å². The van der Waals surface area contributed by atoms with Crippen molar-refractivity contribution in [2.75, 3.05) is 6.54 Å². The molecule has 2 N–H and O–H groups in total. The number of nitrogens with one attached hydrogen (secondary N) is 1. The molecule has 0 spiro atoms. The van der Waals surface area contributed by atoms with Crippen molar-refractivity contribution in [3.63, 3.8) is 0 Å². The summed E-state index contributed by atoms with van der Waals surface area (Å²) < 4.78 is 0. The van der Waals surface area contributed by atoms with E-state index in [9.17, 15) is 14.7 Å². The van der Waals surface area contributed by atoms with Gasteiger partial charge in [0.1, 0.15) is 11.9 Å². The van der Waals surface area contributed by atoms with Crippen LogP contribution >= 0.6 is 0 Å². The van der Waals surface area contributed by atoms with Crippen molar-refractivity contribution in [1.82, 2.24) is 20.1 Å². The first-order valence-electron chi connectivity index (χ1n) is 5.46. The van der Waals surface area contributed by atoms with Crippen LogP contribution in [0.15, 0.2) is 6.33 Å². The van der Waals surface area contributed by atoms with Crippen molar-refractivity contribution in [3.8, 4) is 0 Å². The fraction of sp³-hybridized carbons (Fsp3) is 0.600. The second-order valence-electron chi connectivity index (χ2n) is 4.33. The number of hydrogen-bond donors (Lipinski definition) is 2. The Labute approximate surface area is 97.8 Å². The molecule has 0 bridgehead atoms. The predicted octanol–water partition coefficient (Wildman–Crippen LogP) is 0.274. The molecule has 1 aliphatic rings. The summed E-state index contributed by atoms with van der Waals surface area (Å²) in [7, 11) is 0. The molecule has 17 heavy (non-hydrogen) atoms. The van der Waals surface area contributed by atoms with Crippen molar-refractivity contribution < 1.29 is 14.7 Å². The highest BCUT2D eigenvalue weighted by atomic mass is 16.4. The number of carbonyl (C=O) groups is 2. The Bertz CT molecular complexity index is 431. The van der Waals surface area contributed by atoms with Crippen LogP contribution in [-0.2, 0) is 4.79 Å². The minimum Gasteiger partial charge on any atom is -0.480 e. The zero-order chi connectivity index (χ0) is 12.5. The maximum atomic E-state index is 12.1. The molecule has 0 radical (unpaired) electrons. The lowest BCUT2D eigenvalue weighted by Crippen LogP contribution is -2.57. The third kappa shape index (κ3) is 1.88. The molecule has 2 rings (SSSR count). The summed E-state index contributed by atoms with van der Waals surface area (Å²) >= 11 is 0. The predicted molar refractivity (Wildman–Crippen MR) is 57.3 cm³/mol. The van der Waals surface area contributed by atoms with E-state index < -0.39 is 17.4 Å². The maximum Gasteiger partial charge on any atom is 0.329 e. The van der Waals surface area contributed by atoms with Gasteiger partial charge < -0.3 is 10.0 Å². The largest absolute Gasteiger partial charge is 0.480 e. The third-order valence-corrected chi connectivity index (χ3v) is 3.21. The number of aliphatic carboxylic acids is 1. The average Bonchev–Trinajstić information content (AvgIpc) is 2.82. The summed E-state index contributed by atoms with van der Waals surface area (Å²) in [5, 5.41) is 15.3. The number of piperidine rings is 1. The van der Waals surface area contributed by atoms with E-state index in [2.05, 4.69) is 15.2 Å². The molecular formula is C10H14N4O3. The number of nitrogens with zero attached hydrogens (tertiary/aromatic N) is 3. The monoisotopic (exact) mass is 238 g/mol. The Morgan fingerprint density at radius 2 is 2.29 bits per heavy atom. The number of likely N-dealkylation sites (tertiary alicyclic amines) is 1. The van der Waals surface area contributed by atoms with Crippen LogP contribution in [0.2, 0.25) is 0 Å². The second kappa shape index (κ2) is 4.15. The van der Waals surface area contributed by atoms with E-state index in [-0.39, 0.29) is 5.82 Å². The van der Waals surface area contributed by atoms with E-state index in [0.29, 0.717) is 13.0 Å². The molecule has 1 atom stereocenters.